The van der Waals surface area contributed by atoms with Gasteiger partial charge in [0.2, 0.25) is 0 Å². The molecule has 24 heavy (non-hydrogen) atoms. The fourth-order valence-electron chi connectivity index (χ4n) is 1.77. The molecule has 0 aliphatic heterocycles. The largest absolute Gasteiger partial charge is 0.478 e. The molecule has 0 heterocycles. The van der Waals surface area contributed by atoms with Crippen LogP contribution in [0.15, 0.2) is 48.5 Å². The zero-order valence-corrected chi connectivity index (χ0v) is 12.1. The van der Waals surface area contributed by atoms with Gasteiger partial charge < -0.3 is 15.7 Å². The number of anilines is 2. The number of benzene rings is 2. The normalized spacial score (nSPS) is 9.83. The lowest BCUT2D eigenvalue weighted by Crippen LogP contribution is -2.29. The number of nitro groups is 1. The Balaban J connectivity index is 2.02. The molecule has 0 radical (unpaired) electrons. The molecule has 2 rings (SSSR count). The molecule has 0 spiro atoms. The number of carboxylic acid groups (broad SMARTS) is 1. The molecule has 9 nitrogen and oxygen atoms in total. The first-order valence-electron chi connectivity index (χ1n) is 6.57. The van der Waals surface area contributed by atoms with Crippen molar-refractivity contribution < 1.29 is 24.4 Å². The van der Waals surface area contributed by atoms with Gasteiger partial charge in [-0.3, -0.25) is 19.7 Å². The molecule has 0 unspecified atom stereocenters. The minimum absolute atomic E-state index is 0.0362. The minimum atomic E-state index is -1.11. The summed E-state index contributed by atoms with van der Waals surface area (Å²) in [6.07, 6.45) is 0. The Morgan fingerprint density at radius 1 is 0.917 bits per heavy atom. The smallest absolute Gasteiger partial charge is 0.335 e. The van der Waals surface area contributed by atoms with Crippen LogP contribution in [-0.4, -0.2) is 27.8 Å². The number of aromatic carboxylic acids is 1. The van der Waals surface area contributed by atoms with Crippen LogP contribution in [0.4, 0.5) is 17.1 Å². The van der Waals surface area contributed by atoms with Gasteiger partial charge in [-0.15, -0.1) is 0 Å². The molecule has 2 aromatic carbocycles. The number of nitrogens with zero attached hydrogens (tertiary/aromatic N) is 1. The van der Waals surface area contributed by atoms with E-state index in [1.807, 2.05) is 0 Å². The second-order valence-electron chi connectivity index (χ2n) is 4.60. The molecule has 0 saturated heterocycles. The second-order valence-corrected chi connectivity index (χ2v) is 4.60. The Kier molecular flexibility index (Phi) is 4.85. The first-order chi connectivity index (χ1) is 11.4. The molecule has 122 valence electrons. The van der Waals surface area contributed by atoms with Crippen molar-refractivity contribution in [2.75, 3.05) is 10.6 Å². The lowest BCUT2D eigenvalue weighted by atomic mass is 10.2. The van der Waals surface area contributed by atoms with E-state index in [1.165, 1.54) is 42.5 Å². The number of nitro benzene ring substituents is 1. The zero-order chi connectivity index (χ0) is 17.7. The maximum absolute atomic E-state index is 11.8. The van der Waals surface area contributed by atoms with Crippen LogP contribution in [0.5, 0.6) is 0 Å². The Morgan fingerprint density at radius 2 is 1.50 bits per heavy atom. The van der Waals surface area contributed by atoms with E-state index in [9.17, 15) is 24.5 Å². The summed E-state index contributed by atoms with van der Waals surface area (Å²) >= 11 is 0. The molecule has 0 aliphatic rings. The highest BCUT2D eigenvalue weighted by molar-refractivity contribution is 6.43. The van der Waals surface area contributed by atoms with Gasteiger partial charge in [-0.2, -0.15) is 0 Å². The number of non-ortho nitro benzene ring substituents is 1. The Labute approximate surface area is 135 Å². The van der Waals surface area contributed by atoms with Crippen molar-refractivity contribution in [1.29, 1.82) is 0 Å². The maximum atomic E-state index is 11.8. The Bertz CT molecular complexity index is 816. The Hall–Kier alpha value is -3.75. The fraction of sp³-hybridized carbons (Fsp3) is 0. The van der Waals surface area contributed by atoms with Crippen molar-refractivity contribution in [3.63, 3.8) is 0 Å². The molecule has 3 N–H and O–H groups in total. The highest BCUT2D eigenvalue weighted by Crippen LogP contribution is 2.17. The summed E-state index contributed by atoms with van der Waals surface area (Å²) in [5, 5.41) is 24.0. The van der Waals surface area contributed by atoms with Gasteiger partial charge in [-0.25, -0.2) is 4.79 Å². The summed E-state index contributed by atoms with van der Waals surface area (Å²) in [5.41, 5.74) is 0.149. The van der Waals surface area contributed by atoms with Crippen LogP contribution in [0.3, 0.4) is 0 Å². The summed E-state index contributed by atoms with van der Waals surface area (Å²) in [6.45, 7) is 0. The molecule has 0 saturated carbocycles. The van der Waals surface area contributed by atoms with E-state index in [2.05, 4.69) is 10.6 Å². The molecule has 2 amide bonds. The van der Waals surface area contributed by atoms with Crippen molar-refractivity contribution in [2.45, 2.75) is 0 Å². The van der Waals surface area contributed by atoms with Gasteiger partial charge in [-0.1, -0.05) is 6.07 Å². The van der Waals surface area contributed by atoms with Crippen molar-refractivity contribution in [3.05, 3.63) is 64.2 Å². The average Bonchev–Trinajstić information content (AvgIpc) is 2.55. The fourth-order valence-corrected chi connectivity index (χ4v) is 1.77. The number of carboxylic acids is 1. The van der Waals surface area contributed by atoms with E-state index in [-0.39, 0.29) is 22.6 Å². The quantitative estimate of drug-likeness (QED) is 0.444. The second kappa shape index (κ2) is 7.01. The number of amides is 2. The molecule has 0 aromatic heterocycles. The number of nitrogens with one attached hydrogen (secondary N) is 2. The SMILES string of the molecule is O=C(Nc1ccc(C(=O)O)cc1)C(=O)Nc1cccc([N+](=O)[O-])c1. The van der Waals surface area contributed by atoms with Crippen LogP contribution in [0, 0.1) is 10.1 Å². The van der Waals surface area contributed by atoms with Crippen molar-refractivity contribution in [3.8, 4) is 0 Å². The van der Waals surface area contributed by atoms with Crippen LogP contribution in [-0.2, 0) is 9.59 Å². The number of hydrogen-bond acceptors (Lipinski definition) is 5. The third-order valence-electron chi connectivity index (χ3n) is 2.91. The predicted octanol–water partition coefficient (Wildman–Crippen LogP) is 1.87. The van der Waals surface area contributed by atoms with Crippen LogP contribution in [0.25, 0.3) is 0 Å². The molecular formula is C15H11N3O6. The first-order valence-corrected chi connectivity index (χ1v) is 6.57. The van der Waals surface area contributed by atoms with Gasteiger partial charge in [0.1, 0.15) is 0 Å². The first kappa shape index (κ1) is 16.6. The lowest BCUT2D eigenvalue weighted by molar-refractivity contribution is -0.384. The van der Waals surface area contributed by atoms with Gasteiger partial charge in [0, 0.05) is 23.5 Å². The number of carbonyl (C=O) groups is 3. The molecule has 0 bridgehead atoms. The monoisotopic (exact) mass is 329 g/mol. The Morgan fingerprint density at radius 3 is 2.04 bits per heavy atom. The third-order valence-corrected chi connectivity index (χ3v) is 2.91. The van der Waals surface area contributed by atoms with Crippen molar-refractivity contribution >= 4 is 34.8 Å². The number of carbonyl (C=O) groups excluding carboxylic acids is 2. The lowest BCUT2D eigenvalue weighted by Gasteiger charge is -2.06. The van der Waals surface area contributed by atoms with Crippen LogP contribution < -0.4 is 10.6 Å². The van der Waals surface area contributed by atoms with Gasteiger partial charge >= 0.3 is 17.8 Å². The summed E-state index contributed by atoms with van der Waals surface area (Å²) in [7, 11) is 0. The summed E-state index contributed by atoms with van der Waals surface area (Å²) in [5.74, 6) is -3.13. The van der Waals surface area contributed by atoms with E-state index in [1.54, 1.807) is 0 Å². The van der Waals surface area contributed by atoms with E-state index < -0.39 is 22.7 Å². The average molecular weight is 329 g/mol. The number of hydrogen-bond donors (Lipinski definition) is 3. The molecule has 0 aliphatic carbocycles. The van der Waals surface area contributed by atoms with Crippen LogP contribution in [0.1, 0.15) is 10.4 Å². The predicted molar refractivity (Wildman–Crippen MR) is 83.8 cm³/mol. The van der Waals surface area contributed by atoms with Gasteiger partial charge in [0.25, 0.3) is 5.69 Å². The molecular weight excluding hydrogens is 318 g/mol. The van der Waals surface area contributed by atoms with E-state index >= 15 is 0 Å². The van der Waals surface area contributed by atoms with Gasteiger partial charge in [0.05, 0.1) is 10.5 Å². The van der Waals surface area contributed by atoms with E-state index in [0.717, 1.165) is 6.07 Å². The number of rotatable bonds is 4. The highest BCUT2D eigenvalue weighted by Gasteiger charge is 2.15. The molecule has 0 atom stereocenters. The van der Waals surface area contributed by atoms with Crippen LogP contribution in [0.2, 0.25) is 0 Å². The van der Waals surface area contributed by atoms with Gasteiger partial charge in [0.15, 0.2) is 0 Å². The summed E-state index contributed by atoms with van der Waals surface area (Å²) in [6, 6.07) is 10.4. The van der Waals surface area contributed by atoms with Gasteiger partial charge in [-0.05, 0) is 30.3 Å². The molecule has 9 heteroatoms. The molecule has 0 fully saturated rings. The zero-order valence-electron chi connectivity index (χ0n) is 12.1. The van der Waals surface area contributed by atoms with Crippen molar-refractivity contribution in [2.24, 2.45) is 0 Å². The maximum Gasteiger partial charge on any atom is 0.335 e. The topological polar surface area (TPSA) is 139 Å². The highest BCUT2D eigenvalue weighted by atomic mass is 16.6. The third kappa shape index (κ3) is 4.13. The van der Waals surface area contributed by atoms with E-state index in [0.29, 0.717) is 0 Å². The summed E-state index contributed by atoms with van der Waals surface area (Å²) in [4.78, 5) is 44.3. The van der Waals surface area contributed by atoms with E-state index in [4.69, 9.17) is 5.11 Å². The van der Waals surface area contributed by atoms with Crippen molar-refractivity contribution in [1.82, 2.24) is 0 Å². The minimum Gasteiger partial charge on any atom is -0.478 e. The van der Waals surface area contributed by atoms with Crippen LogP contribution >= 0.6 is 0 Å². The standard InChI is InChI=1S/C15H11N3O6/c19-13(16-10-6-4-9(5-7-10)15(21)22)14(20)17-11-2-1-3-12(8-11)18(23)24/h1-8H,(H,16,19)(H,17,20)(H,21,22). The molecule has 2 aromatic rings. The summed E-state index contributed by atoms with van der Waals surface area (Å²) < 4.78 is 0.